The number of rotatable bonds is 4. The van der Waals surface area contributed by atoms with E-state index in [9.17, 15) is 5.11 Å². The molecule has 0 amide bonds. The predicted octanol–water partition coefficient (Wildman–Crippen LogP) is 3.01. The molecule has 1 fully saturated rings. The van der Waals surface area contributed by atoms with Crippen LogP contribution >= 0.6 is 0 Å². The summed E-state index contributed by atoms with van der Waals surface area (Å²) >= 11 is 0. The Labute approximate surface area is 126 Å². The van der Waals surface area contributed by atoms with E-state index in [0.717, 1.165) is 44.0 Å². The summed E-state index contributed by atoms with van der Waals surface area (Å²) in [6, 6.07) is 14.6. The zero-order valence-corrected chi connectivity index (χ0v) is 12.5. The van der Waals surface area contributed by atoms with Gasteiger partial charge in [-0.2, -0.15) is 0 Å². The van der Waals surface area contributed by atoms with E-state index in [-0.39, 0.29) is 12.0 Å². The SMILES string of the molecule is Cc1ccc(CC2CN(Cc3ccccc3)CCC2O)o1. The number of benzene rings is 1. The number of hydrogen-bond donors (Lipinski definition) is 1. The summed E-state index contributed by atoms with van der Waals surface area (Å²) < 4.78 is 5.66. The van der Waals surface area contributed by atoms with Crippen molar-refractivity contribution in [3.63, 3.8) is 0 Å². The fraction of sp³-hybridized carbons (Fsp3) is 0.444. The van der Waals surface area contributed by atoms with Crippen LogP contribution in [0.15, 0.2) is 46.9 Å². The number of aliphatic hydroxyl groups is 1. The zero-order valence-electron chi connectivity index (χ0n) is 12.5. The molecule has 2 aromatic rings. The van der Waals surface area contributed by atoms with Crippen LogP contribution in [0.2, 0.25) is 0 Å². The second-order valence-electron chi connectivity index (χ2n) is 6.05. The first-order valence-corrected chi connectivity index (χ1v) is 7.70. The topological polar surface area (TPSA) is 36.6 Å². The highest BCUT2D eigenvalue weighted by Crippen LogP contribution is 2.23. The lowest BCUT2D eigenvalue weighted by Crippen LogP contribution is -2.43. The Hall–Kier alpha value is -1.58. The van der Waals surface area contributed by atoms with Crippen molar-refractivity contribution >= 4 is 0 Å². The second kappa shape index (κ2) is 6.46. The Kier molecular flexibility index (Phi) is 4.42. The molecule has 112 valence electrons. The lowest BCUT2D eigenvalue weighted by atomic mass is 9.90. The van der Waals surface area contributed by atoms with Gasteiger partial charge in [-0.25, -0.2) is 0 Å². The standard InChI is InChI=1S/C18H23NO2/c1-14-7-8-17(21-14)11-16-13-19(10-9-18(16)20)12-15-5-3-2-4-6-15/h2-8,16,18,20H,9-13H2,1H3. The van der Waals surface area contributed by atoms with Crippen LogP contribution in [-0.4, -0.2) is 29.2 Å². The fourth-order valence-electron chi connectivity index (χ4n) is 3.13. The Balaban J connectivity index is 1.61. The van der Waals surface area contributed by atoms with E-state index in [2.05, 4.69) is 29.2 Å². The lowest BCUT2D eigenvalue weighted by Gasteiger charge is -2.36. The third-order valence-electron chi connectivity index (χ3n) is 4.29. The predicted molar refractivity (Wildman–Crippen MR) is 83.0 cm³/mol. The molecule has 1 aliphatic rings. The van der Waals surface area contributed by atoms with Crippen molar-refractivity contribution in [2.24, 2.45) is 5.92 Å². The highest BCUT2D eigenvalue weighted by Gasteiger charge is 2.28. The number of furan rings is 1. The quantitative estimate of drug-likeness (QED) is 0.938. The maximum absolute atomic E-state index is 10.3. The van der Waals surface area contributed by atoms with Crippen LogP contribution in [0.25, 0.3) is 0 Å². The molecule has 3 nitrogen and oxygen atoms in total. The first-order valence-electron chi connectivity index (χ1n) is 7.70. The Morgan fingerprint density at radius 3 is 2.71 bits per heavy atom. The molecular formula is C18H23NO2. The largest absolute Gasteiger partial charge is 0.466 e. The number of nitrogens with zero attached hydrogens (tertiary/aromatic N) is 1. The van der Waals surface area contributed by atoms with Gasteiger partial charge in [0.2, 0.25) is 0 Å². The average Bonchev–Trinajstić information content (AvgIpc) is 2.89. The third-order valence-corrected chi connectivity index (χ3v) is 4.29. The average molecular weight is 285 g/mol. The number of aliphatic hydroxyl groups excluding tert-OH is 1. The first kappa shape index (κ1) is 14.4. The van der Waals surface area contributed by atoms with Crippen LogP contribution < -0.4 is 0 Å². The van der Waals surface area contributed by atoms with Gasteiger partial charge in [0.05, 0.1) is 6.10 Å². The van der Waals surface area contributed by atoms with E-state index in [1.807, 2.05) is 25.1 Å². The van der Waals surface area contributed by atoms with Gasteiger partial charge >= 0.3 is 0 Å². The smallest absolute Gasteiger partial charge is 0.104 e. The van der Waals surface area contributed by atoms with Gasteiger partial charge in [0.1, 0.15) is 11.5 Å². The van der Waals surface area contributed by atoms with Gasteiger partial charge < -0.3 is 9.52 Å². The van der Waals surface area contributed by atoms with Crippen LogP contribution in [0.1, 0.15) is 23.5 Å². The summed E-state index contributed by atoms with van der Waals surface area (Å²) in [5.74, 6) is 2.18. The van der Waals surface area contributed by atoms with Gasteiger partial charge in [0.15, 0.2) is 0 Å². The van der Waals surface area contributed by atoms with Crippen molar-refractivity contribution in [3.8, 4) is 0 Å². The Morgan fingerprint density at radius 2 is 2.00 bits per heavy atom. The van der Waals surface area contributed by atoms with E-state index in [1.165, 1.54) is 5.56 Å². The molecule has 2 atom stereocenters. The summed E-state index contributed by atoms with van der Waals surface area (Å²) in [6.45, 7) is 4.81. The monoisotopic (exact) mass is 285 g/mol. The molecule has 1 N–H and O–H groups in total. The van der Waals surface area contributed by atoms with Crippen molar-refractivity contribution in [2.75, 3.05) is 13.1 Å². The van der Waals surface area contributed by atoms with E-state index in [0.29, 0.717) is 0 Å². The van der Waals surface area contributed by atoms with Gasteiger partial charge in [0.25, 0.3) is 0 Å². The zero-order chi connectivity index (χ0) is 14.7. The molecular weight excluding hydrogens is 262 g/mol. The molecule has 1 aromatic heterocycles. The number of piperidine rings is 1. The molecule has 0 saturated carbocycles. The molecule has 1 aromatic carbocycles. The van der Waals surface area contributed by atoms with Gasteiger partial charge in [-0.15, -0.1) is 0 Å². The fourth-order valence-corrected chi connectivity index (χ4v) is 3.13. The number of aryl methyl sites for hydroxylation is 1. The first-order chi connectivity index (χ1) is 10.2. The molecule has 0 bridgehead atoms. The molecule has 21 heavy (non-hydrogen) atoms. The van der Waals surface area contributed by atoms with Crippen molar-refractivity contribution < 1.29 is 9.52 Å². The Morgan fingerprint density at radius 1 is 1.19 bits per heavy atom. The maximum atomic E-state index is 10.3. The van der Waals surface area contributed by atoms with Crippen molar-refractivity contribution in [1.29, 1.82) is 0 Å². The molecule has 0 spiro atoms. The van der Waals surface area contributed by atoms with Crippen molar-refractivity contribution in [1.82, 2.24) is 4.90 Å². The van der Waals surface area contributed by atoms with Gasteiger partial charge in [-0.3, -0.25) is 4.90 Å². The van der Waals surface area contributed by atoms with Gasteiger partial charge in [-0.1, -0.05) is 30.3 Å². The molecule has 0 radical (unpaired) electrons. The number of hydrogen-bond acceptors (Lipinski definition) is 3. The molecule has 3 heteroatoms. The van der Waals surface area contributed by atoms with Gasteiger partial charge in [-0.05, 0) is 31.0 Å². The van der Waals surface area contributed by atoms with Crippen LogP contribution in [0.3, 0.4) is 0 Å². The highest BCUT2D eigenvalue weighted by molar-refractivity contribution is 5.14. The summed E-state index contributed by atoms with van der Waals surface area (Å²) in [7, 11) is 0. The van der Waals surface area contributed by atoms with Crippen LogP contribution in [0, 0.1) is 12.8 Å². The van der Waals surface area contributed by atoms with Crippen LogP contribution in [0.4, 0.5) is 0 Å². The summed E-state index contributed by atoms with van der Waals surface area (Å²) in [5.41, 5.74) is 1.33. The minimum Gasteiger partial charge on any atom is -0.466 e. The van der Waals surface area contributed by atoms with Crippen molar-refractivity contribution in [2.45, 2.75) is 32.4 Å². The van der Waals surface area contributed by atoms with Crippen molar-refractivity contribution in [3.05, 3.63) is 59.5 Å². The Bertz CT molecular complexity index is 564. The molecule has 2 heterocycles. The van der Waals surface area contributed by atoms with Crippen LogP contribution in [0.5, 0.6) is 0 Å². The molecule has 1 saturated heterocycles. The summed E-state index contributed by atoms with van der Waals surface area (Å²) in [5, 5.41) is 10.3. The molecule has 0 aliphatic carbocycles. The lowest BCUT2D eigenvalue weighted by molar-refractivity contribution is 0.0217. The van der Waals surface area contributed by atoms with E-state index in [1.54, 1.807) is 0 Å². The minimum atomic E-state index is -0.220. The van der Waals surface area contributed by atoms with Gasteiger partial charge in [0, 0.05) is 32.0 Å². The van der Waals surface area contributed by atoms with E-state index >= 15 is 0 Å². The van der Waals surface area contributed by atoms with E-state index < -0.39 is 0 Å². The van der Waals surface area contributed by atoms with Crippen LogP contribution in [-0.2, 0) is 13.0 Å². The maximum Gasteiger partial charge on any atom is 0.104 e. The molecule has 2 unspecified atom stereocenters. The normalized spacial score (nSPS) is 23.3. The number of likely N-dealkylation sites (tertiary alicyclic amines) is 1. The third kappa shape index (κ3) is 3.74. The minimum absolute atomic E-state index is 0.220. The summed E-state index contributed by atoms with van der Waals surface area (Å²) in [6.07, 6.45) is 1.44. The van der Waals surface area contributed by atoms with E-state index in [4.69, 9.17) is 4.42 Å². The molecule has 3 rings (SSSR count). The second-order valence-corrected chi connectivity index (χ2v) is 6.05. The highest BCUT2D eigenvalue weighted by atomic mass is 16.3. The molecule has 1 aliphatic heterocycles. The summed E-state index contributed by atoms with van der Waals surface area (Å²) in [4.78, 5) is 2.43.